The zero-order chi connectivity index (χ0) is 13.8. The maximum absolute atomic E-state index is 14.0. The molecule has 0 spiro atoms. The summed E-state index contributed by atoms with van der Waals surface area (Å²) >= 11 is 1.50. The van der Waals surface area contributed by atoms with Gasteiger partial charge < -0.3 is 10.1 Å². The van der Waals surface area contributed by atoms with Crippen LogP contribution in [0.25, 0.3) is 10.6 Å². The van der Waals surface area contributed by atoms with Gasteiger partial charge in [-0.15, -0.1) is 11.3 Å². The van der Waals surface area contributed by atoms with Crippen molar-refractivity contribution in [1.82, 2.24) is 10.3 Å². The zero-order valence-corrected chi connectivity index (χ0v) is 12.1. The average Bonchev–Trinajstić information content (AvgIpc) is 2.73. The molecule has 102 valence electrons. The molecule has 0 amide bonds. The zero-order valence-electron chi connectivity index (χ0n) is 11.3. The molecule has 0 bridgehead atoms. The molecule has 1 aromatic carbocycles. The van der Waals surface area contributed by atoms with Gasteiger partial charge in [-0.05, 0) is 31.7 Å². The van der Waals surface area contributed by atoms with Gasteiger partial charge in [-0.25, -0.2) is 9.37 Å². The molecule has 0 aliphatic heterocycles. The van der Waals surface area contributed by atoms with Crippen molar-refractivity contribution < 1.29 is 9.13 Å². The van der Waals surface area contributed by atoms with Crippen molar-refractivity contribution in [2.24, 2.45) is 0 Å². The normalized spacial score (nSPS) is 10.9. The fraction of sp³-hybridized carbons (Fsp3) is 0.357. The lowest BCUT2D eigenvalue weighted by Gasteiger charge is -2.00. The minimum atomic E-state index is -0.228. The van der Waals surface area contributed by atoms with E-state index in [-0.39, 0.29) is 5.82 Å². The number of hydrogen-bond acceptors (Lipinski definition) is 4. The van der Waals surface area contributed by atoms with E-state index >= 15 is 0 Å². The topological polar surface area (TPSA) is 34.2 Å². The number of hydrogen-bond donors (Lipinski definition) is 1. The standard InChI is InChI=1S/C14H17FN2OS/c1-9-4-5-10(11(15)6-9)14-17-12(8-18-3)13(19-14)7-16-2/h4-6,16H,7-8H2,1-3H3. The summed E-state index contributed by atoms with van der Waals surface area (Å²) in [5, 5.41) is 3.80. The van der Waals surface area contributed by atoms with Crippen LogP contribution in [-0.2, 0) is 17.9 Å². The third-order valence-corrected chi connectivity index (χ3v) is 3.88. The second-order valence-electron chi connectivity index (χ2n) is 4.34. The first kappa shape index (κ1) is 14.1. The molecule has 0 atom stereocenters. The van der Waals surface area contributed by atoms with Crippen molar-refractivity contribution in [1.29, 1.82) is 0 Å². The van der Waals surface area contributed by atoms with Crippen molar-refractivity contribution in [2.75, 3.05) is 14.2 Å². The molecule has 0 saturated heterocycles. The molecule has 0 unspecified atom stereocenters. The Labute approximate surface area is 116 Å². The van der Waals surface area contributed by atoms with Crippen LogP contribution in [-0.4, -0.2) is 19.1 Å². The second kappa shape index (κ2) is 6.23. The molecule has 0 radical (unpaired) electrons. The number of nitrogens with one attached hydrogen (secondary N) is 1. The van der Waals surface area contributed by atoms with E-state index in [0.717, 1.165) is 16.1 Å². The predicted molar refractivity (Wildman–Crippen MR) is 75.7 cm³/mol. The second-order valence-corrected chi connectivity index (χ2v) is 5.42. The molecular weight excluding hydrogens is 263 g/mol. The lowest BCUT2D eigenvalue weighted by Crippen LogP contribution is -2.06. The van der Waals surface area contributed by atoms with Crippen LogP contribution in [0, 0.1) is 12.7 Å². The van der Waals surface area contributed by atoms with Gasteiger partial charge in [-0.2, -0.15) is 0 Å². The van der Waals surface area contributed by atoms with Gasteiger partial charge in [0.2, 0.25) is 0 Å². The van der Waals surface area contributed by atoms with Crippen LogP contribution in [0.15, 0.2) is 18.2 Å². The third kappa shape index (κ3) is 3.18. The summed E-state index contributed by atoms with van der Waals surface area (Å²) in [6, 6.07) is 5.21. The smallest absolute Gasteiger partial charge is 0.133 e. The Morgan fingerprint density at radius 1 is 1.42 bits per heavy atom. The van der Waals surface area contributed by atoms with Gasteiger partial charge in [-0.1, -0.05) is 6.07 Å². The number of rotatable bonds is 5. The Morgan fingerprint density at radius 2 is 2.21 bits per heavy atom. The van der Waals surface area contributed by atoms with Crippen LogP contribution in [0.3, 0.4) is 0 Å². The van der Waals surface area contributed by atoms with Crippen molar-refractivity contribution >= 4 is 11.3 Å². The number of aromatic nitrogens is 1. The summed E-state index contributed by atoms with van der Waals surface area (Å²) in [6.45, 7) is 3.03. The highest BCUT2D eigenvalue weighted by Crippen LogP contribution is 2.30. The Bertz CT molecular complexity index is 545. The van der Waals surface area contributed by atoms with Crippen molar-refractivity contribution in [3.63, 3.8) is 0 Å². The van der Waals surface area contributed by atoms with Crippen molar-refractivity contribution in [2.45, 2.75) is 20.1 Å². The van der Waals surface area contributed by atoms with Gasteiger partial charge >= 0.3 is 0 Å². The lowest BCUT2D eigenvalue weighted by atomic mass is 10.1. The number of methoxy groups -OCH3 is 1. The van der Waals surface area contributed by atoms with Crippen LogP contribution in [0.4, 0.5) is 4.39 Å². The van der Waals surface area contributed by atoms with E-state index in [2.05, 4.69) is 10.3 Å². The highest BCUT2D eigenvalue weighted by Gasteiger charge is 2.14. The quantitative estimate of drug-likeness (QED) is 0.913. The first-order valence-corrected chi connectivity index (χ1v) is 6.86. The minimum Gasteiger partial charge on any atom is -0.378 e. The molecular formula is C14H17FN2OS. The van der Waals surface area contributed by atoms with Gasteiger partial charge in [0.05, 0.1) is 12.3 Å². The molecule has 1 aromatic heterocycles. The van der Waals surface area contributed by atoms with Crippen LogP contribution >= 0.6 is 11.3 Å². The number of ether oxygens (including phenoxy) is 1. The molecule has 0 aliphatic carbocycles. The predicted octanol–water partition coefficient (Wildman–Crippen LogP) is 3.12. The Kier molecular flexibility index (Phi) is 4.63. The summed E-state index contributed by atoms with van der Waals surface area (Å²) in [6.07, 6.45) is 0. The van der Waals surface area contributed by atoms with E-state index in [1.807, 2.05) is 20.0 Å². The Balaban J connectivity index is 2.41. The van der Waals surface area contributed by atoms with Crippen LogP contribution in [0.1, 0.15) is 16.1 Å². The molecule has 1 N–H and O–H groups in total. The summed E-state index contributed by atoms with van der Waals surface area (Å²) < 4.78 is 19.1. The van der Waals surface area contributed by atoms with E-state index in [4.69, 9.17) is 4.74 Å². The van der Waals surface area contributed by atoms with Gasteiger partial charge in [0.1, 0.15) is 10.8 Å². The summed E-state index contributed by atoms with van der Waals surface area (Å²) in [5.74, 6) is -0.228. The van der Waals surface area contributed by atoms with Crippen LogP contribution in [0.2, 0.25) is 0 Å². The molecule has 2 rings (SSSR count). The first-order chi connectivity index (χ1) is 9.15. The highest BCUT2D eigenvalue weighted by molar-refractivity contribution is 7.15. The highest BCUT2D eigenvalue weighted by atomic mass is 32.1. The molecule has 0 aliphatic rings. The van der Waals surface area contributed by atoms with Gasteiger partial charge in [0, 0.05) is 24.1 Å². The molecule has 19 heavy (non-hydrogen) atoms. The van der Waals surface area contributed by atoms with Gasteiger partial charge in [0.15, 0.2) is 0 Å². The SMILES string of the molecule is CNCc1sc(-c2ccc(C)cc2F)nc1COC. The maximum atomic E-state index is 14.0. The maximum Gasteiger partial charge on any atom is 0.133 e. The van der Waals surface area contributed by atoms with Gasteiger partial charge in [-0.3, -0.25) is 0 Å². The lowest BCUT2D eigenvalue weighted by molar-refractivity contribution is 0.181. The number of halogens is 1. The molecule has 0 fully saturated rings. The fourth-order valence-electron chi connectivity index (χ4n) is 1.84. The summed E-state index contributed by atoms with van der Waals surface area (Å²) in [7, 11) is 3.51. The molecule has 1 heterocycles. The number of thiazole rings is 1. The molecule has 5 heteroatoms. The van der Waals surface area contributed by atoms with E-state index in [0.29, 0.717) is 23.7 Å². The van der Waals surface area contributed by atoms with E-state index in [9.17, 15) is 4.39 Å². The third-order valence-electron chi connectivity index (χ3n) is 2.75. The minimum absolute atomic E-state index is 0.228. The summed E-state index contributed by atoms with van der Waals surface area (Å²) in [5.41, 5.74) is 2.33. The van der Waals surface area contributed by atoms with E-state index in [1.54, 1.807) is 13.2 Å². The van der Waals surface area contributed by atoms with Crippen molar-refractivity contribution in [3.05, 3.63) is 40.2 Å². The van der Waals surface area contributed by atoms with E-state index < -0.39 is 0 Å². The number of benzene rings is 1. The molecule has 2 aromatic rings. The first-order valence-electron chi connectivity index (χ1n) is 6.04. The van der Waals surface area contributed by atoms with E-state index in [1.165, 1.54) is 17.4 Å². The number of nitrogens with zero attached hydrogens (tertiary/aromatic N) is 1. The van der Waals surface area contributed by atoms with Crippen molar-refractivity contribution in [3.8, 4) is 10.6 Å². The molecule has 3 nitrogen and oxygen atoms in total. The monoisotopic (exact) mass is 280 g/mol. The van der Waals surface area contributed by atoms with Crippen LogP contribution < -0.4 is 5.32 Å². The van der Waals surface area contributed by atoms with Crippen LogP contribution in [0.5, 0.6) is 0 Å². The molecule has 0 saturated carbocycles. The summed E-state index contributed by atoms with van der Waals surface area (Å²) in [4.78, 5) is 5.58. The average molecular weight is 280 g/mol. The number of aryl methyl sites for hydroxylation is 1. The fourth-order valence-corrected chi connectivity index (χ4v) is 2.94. The Morgan fingerprint density at radius 3 is 2.84 bits per heavy atom. The van der Waals surface area contributed by atoms with Gasteiger partial charge in [0.25, 0.3) is 0 Å². The largest absolute Gasteiger partial charge is 0.378 e. The Hall–Kier alpha value is -1.30.